The van der Waals surface area contributed by atoms with Gasteiger partial charge in [-0.2, -0.15) is 0 Å². The van der Waals surface area contributed by atoms with E-state index in [-0.39, 0.29) is 34.6 Å². The summed E-state index contributed by atoms with van der Waals surface area (Å²) in [5, 5.41) is 3.25. The summed E-state index contributed by atoms with van der Waals surface area (Å²) in [6.45, 7) is 3.70. The minimum absolute atomic E-state index is 0.0590. The molecule has 3 aromatic carbocycles. The summed E-state index contributed by atoms with van der Waals surface area (Å²) < 4.78 is 34.3. The summed E-state index contributed by atoms with van der Waals surface area (Å²) in [5.41, 5.74) is 2.53. The Morgan fingerprint density at radius 3 is 2.18 bits per heavy atom. The second-order valence-corrected chi connectivity index (χ2v) is 14.2. The van der Waals surface area contributed by atoms with Crippen molar-refractivity contribution in [2.45, 2.75) is 49.6 Å². The fraction of sp³-hybridized carbons (Fsp3) is 0.429. The van der Waals surface area contributed by atoms with Gasteiger partial charge in [0, 0.05) is 25.9 Å². The number of nitrogens with zero attached hydrogens (tertiary/aromatic N) is 2. The molecule has 2 heterocycles. The Morgan fingerprint density at radius 2 is 1.53 bits per heavy atom. The molecule has 2 saturated heterocycles. The fourth-order valence-electron chi connectivity index (χ4n) is 6.52. The van der Waals surface area contributed by atoms with Gasteiger partial charge in [-0.1, -0.05) is 48.5 Å². The number of ether oxygens (including phenoxy) is 2. The highest BCUT2D eigenvalue weighted by Crippen LogP contribution is 2.42. The van der Waals surface area contributed by atoms with Gasteiger partial charge in [0.25, 0.3) is 0 Å². The predicted octanol–water partition coefficient (Wildman–Crippen LogP) is 4.41. The van der Waals surface area contributed by atoms with Gasteiger partial charge in [0.1, 0.15) is 0 Å². The normalized spacial score (nSPS) is 17.3. The Morgan fingerprint density at radius 1 is 0.889 bits per heavy atom. The zero-order valence-electron chi connectivity index (χ0n) is 26.3. The molecule has 45 heavy (non-hydrogen) atoms. The fourth-order valence-corrected chi connectivity index (χ4v) is 7.15. The highest BCUT2D eigenvalue weighted by Gasteiger charge is 2.47. The minimum atomic E-state index is -3.25. The van der Waals surface area contributed by atoms with E-state index in [9.17, 15) is 18.0 Å². The van der Waals surface area contributed by atoms with E-state index in [0.717, 1.165) is 68.6 Å². The lowest BCUT2D eigenvalue weighted by Gasteiger charge is -2.38. The Labute approximate surface area is 266 Å². The van der Waals surface area contributed by atoms with Crippen molar-refractivity contribution < 1.29 is 27.5 Å². The molecule has 3 aromatic rings. The van der Waals surface area contributed by atoms with E-state index in [1.54, 1.807) is 38.5 Å². The number of piperidine rings is 1. The molecule has 2 aliphatic rings. The average molecular weight is 634 g/mol. The van der Waals surface area contributed by atoms with E-state index in [2.05, 4.69) is 10.2 Å². The van der Waals surface area contributed by atoms with Crippen molar-refractivity contribution in [2.24, 2.45) is 5.41 Å². The van der Waals surface area contributed by atoms with Gasteiger partial charge in [-0.25, -0.2) is 8.42 Å². The third-order valence-corrected chi connectivity index (χ3v) is 10.4. The zero-order chi connectivity index (χ0) is 32.0. The van der Waals surface area contributed by atoms with E-state index in [0.29, 0.717) is 18.0 Å². The number of carbonyl (C=O) groups excluding carboxylic acids is 2. The third-order valence-electron chi connectivity index (χ3n) is 9.22. The second-order valence-electron chi connectivity index (χ2n) is 12.2. The monoisotopic (exact) mass is 633 g/mol. The molecule has 1 N–H and O–H groups in total. The number of amides is 2. The summed E-state index contributed by atoms with van der Waals surface area (Å²) in [4.78, 5) is 31.3. The molecule has 0 aromatic heterocycles. The van der Waals surface area contributed by atoms with Crippen LogP contribution in [0.1, 0.15) is 48.4 Å². The molecular formula is C35H43N3O6S. The number of rotatable bonds is 12. The summed E-state index contributed by atoms with van der Waals surface area (Å²) in [5.74, 6) is 1.37. The van der Waals surface area contributed by atoms with Gasteiger partial charge in [0.05, 0.1) is 37.0 Å². The Hall–Kier alpha value is -3.89. The topological polar surface area (TPSA) is 105 Å². The number of sulfone groups is 1. The van der Waals surface area contributed by atoms with E-state index in [1.807, 2.05) is 53.4 Å². The largest absolute Gasteiger partial charge is 0.493 e. The van der Waals surface area contributed by atoms with Gasteiger partial charge in [0.15, 0.2) is 21.3 Å². The summed E-state index contributed by atoms with van der Waals surface area (Å²) in [6.07, 6.45) is 4.67. The molecule has 0 saturated carbocycles. The highest BCUT2D eigenvalue weighted by atomic mass is 32.2. The van der Waals surface area contributed by atoms with Crippen LogP contribution >= 0.6 is 0 Å². The van der Waals surface area contributed by atoms with Crippen molar-refractivity contribution in [1.29, 1.82) is 0 Å². The number of nitrogens with one attached hydrogen (secondary N) is 1. The minimum Gasteiger partial charge on any atom is -0.493 e. The second kappa shape index (κ2) is 14.0. The van der Waals surface area contributed by atoms with E-state index in [1.165, 1.54) is 6.26 Å². The van der Waals surface area contributed by atoms with Crippen LogP contribution in [0.25, 0.3) is 0 Å². The Bertz CT molecular complexity index is 1590. The van der Waals surface area contributed by atoms with Crippen LogP contribution in [0.5, 0.6) is 11.5 Å². The Balaban J connectivity index is 1.15. The number of likely N-dealkylation sites (tertiary alicyclic amines) is 2. The maximum absolute atomic E-state index is 13.6. The maximum atomic E-state index is 13.6. The first-order valence-corrected chi connectivity index (χ1v) is 17.4. The molecule has 5 rings (SSSR count). The first-order chi connectivity index (χ1) is 21.6. The molecule has 0 aliphatic carbocycles. The quantitative estimate of drug-likeness (QED) is 0.315. The Kier molecular flexibility index (Phi) is 10.1. The van der Waals surface area contributed by atoms with Gasteiger partial charge in [-0.3, -0.25) is 9.59 Å². The zero-order valence-corrected chi connectivity index (χ0v) is 27.1. The van der Waals surface area contributed by atoms with Gasteiger partial charge in [-0.15, -0.1) is 0 Å². The molecule has 1 unspecified atom stereocenters. The maximum Gasteiger partial charge on any atom is 0.229 e. The highest BCUT2D eigenvalue weighted by molar-refractivity contribution is 7.90. The number of hydrogen-bond donors (Lipinski definition) is 1. The lowest BCUT2D eigenvalue weighted by molar-refractivity contribution is -0.139. The van der Waals surface area contributed by atoms with Crippen LogP contribution in [0.4, 0.5) is 0 Å². The molecule has 2 aliphatic heterocycles. The van der Waals surface area contributed by atoms with Crippen LogP contribution in [0.2, 0.25) is 0 Å². The lowest BCUT2D eigenvalue weighted by Crippen LogP contribution is -2.45. The van der Waals surface area contributed by atoms with Crippen molar-refractivity contribution in [1.82, 2.24) is 15.1 Å². The van der Waals surface area contributed by atoms with E-state index in [4.69, 9.17) is 9.47 Å². The van der Waals surface area contributed by atoms with Crippen LogP contribution in [0.15, 0.2) is 77.7 Å². The standard InChI is InChI=1S/C35H43N3O6S/c1-43-31-14-11-27(23-32(31)44-2)24-33(39)36-30(28-7-5-4-6-8-28)15-19-37-20-16-35(17-21-37)18-22-38(34(35)40)25-26-9-12-29(13-10-26)45(3,41)42/h4-14,23,30H,15-22,24-25H2,1-3H3,(H,36,39). The smallest absolute Gasteiger partial charge is 0.229 e. The summed E-state index contributed by atoms with van der Waals surface area (Å²) in [6, 6.07) is 22.3. The number of hydrogen-bond acceptors (Lipinski definition) is 7. The van der Waals surface area contributed by atoms with Crippen LogP contribution < -0.4 is 14.8 Å². The van der Waals surface area contributed by atoms with Crippen molar-refractivity contribution in [2.75, 3.05) is 46.7 Å². The van der Waals surface area contributed by atoms with Crippen LogP contribution in [0.3, 0.4) is 0 Å². The first kappa shape index (κ1) is 32.5. The van der Waals surface area contributed by atoms with Gasteiger partial charge >= 0.3 is 0 Å². The molecule has 2 fully saturated rings. The molecule has 2 amide bonds. The van der Waals surface area contributed by atoms with Crippen LogP contribution in [-0.2, 0) is 32.4 Å². The summed E-state index contributed by atoms with van der Waals surface area (Å²) >= 11 is 0. The number of methoxy groups -OCH3 is 2. The van der Waals surface area contributed by atoms with Gasteiger partial charge in [-0.05, 0) is 79.7 Å². The van der Waals surface area contributed by atoms with E-state index < -0.39 is 9.84 Å². The molecule has 9 nitrogen and oxygen atoms in total. The molecular weight excluding hydrogens is 590 g/mol. The molecule has 1 atom stereocenters. The SMILES string of the molecule is COc1ccc(CC(=O)NC(CCN2CCC3(CC2)CCN(Cc2ccc(S(C)(=O)=O)cc2)C3=O)c2ccccc2)cc1OC. The van der Waals surface area contributed by atoms with Crippen molar-refractivity contribution in [3.8, 4) is 11.5 Å². The predicted molar refractivity (Wildman–Crippen MR) is 173 cm³/mol. The van der Waals surface area contributed by atoms with Gasteiger partial charge < -0.3 is 24.6 Å². The molecule has 1 spiro atoms. The average Bonchev–Trinajstić information content (AvgIpc) is 3.33. The van der Waals surface area contributed by atoms with Crippen molar-refractivity contribution in [3.05, 3.63) is 89.5 Å². The first-order valence-electron chi connectivity index (χ1n) is 15.5. The number of carbonyl (C=O) groups is 2. The molecule has 10 heteroatoms. The van der Waals surface area contributed by atoms with Gasteiger partial charge in [0.2, 0.25) is 11.8 Å². The van der Waals surface area contributed by atoms with E-state index >= 15 is 0 Å². The number of benzene rings is 3. The third kappa shape index (κ3) is 7.86. The molecule has 240 valence electrons. The van der Waals surface area contributed by atoms with Crippen molar-refractivity contribution in [3.63, 3.8) is 0 Å². The van der Waals surface area contributed by atoms with Crippen molar-refractivity contribution >= 4 is 21.7 Å². The van der Waals surface area contributed by atoms with Crippen LogP contribution in [-0.4, -0.2) is 76.7 Å². The molecule has 0 radical (unpaired) electrons. The summed E-state index contributed by atoms with van der Waals surface area (Å²) in [7, 11) is -0.0806. The van der Waals surface area contributed by atoms with Crippen LogP contribution in [0, 0.1) is 5.41 Å². The lowest BCUT2D eigenvalue weighted by atomic mass is 9.77. The molecule has 0 bridgehead atoms.